The Morgan fingerprint density at radius 1 is 1.06 bits per heavy atom. The van der Waals surface area contributed by atoms with Crippen molar-refractivity contribution < 1.29 is 19.1 Å². The summed E-state index contributed by atoms with van der Waals surface area (Å²) in [7, 11) is 0. The van der Waals surface area contributed by atoms with E-state index in [1.807, 2.05) is 6.07 Å². The number of aromatic nitrogens is 1. The smallest absolute Gasteiger partial charge is 0.335 e. The van der Waals surface area contributed by atoms with E-state index in [-0.39, 0.29) is 23.3 Å². The van der Waals surface area contributed by atoms with Gasteiger partial charge in [-0.2, -0.15) is 0 Å². The number of nitrogens with one attached hydrogen (secondary N) is 2. The van der Waals surface area contributed by atoms with Crippen molar-refractivity contribution in [3.63, 3.8) is 0 Å². The van der Waals surface area contributed by atoms with Crippen molar-refractivity contribution in [1.29, 1.82) is 0 Å². The fourth-order valence-electron chi connectivity index (χ4n) is 4.33. The standard InChI is InChI=1S/C25H26FN3O3/c1-15(30)28-20-9-2-16(3-10-20)14-27-24-13-23(17-4-7-19(26)8-5-17)29-22-11-6-18(25(31)32)12-21(22)24/h4-8,11-13,16,20H,2-3,9-10,14H2,1H3,(H,27,29)(H,28,30)(H,31,32). The summed E-state index contributed by atoms with van der Waals surface area (Å²) in [6, 6.07) is 13.2. The minimum absolute atomic E-state index is 0.0115. The molecule has 1 aliphatic carbocycles. The van der Waals surface area contributed by atoms with Crippen molar-refractivity contribution in [3.8, 4) is 11.3 Å². The Labute approximate surface area is 185 Å². The first-order chi connectivity index (χ1) is 15.4. The molecule has 0 aliphatic heterocycles. The topological polar surface area (TPSA) is 91.3 Å². The summed E-state index contributed by atoms with van der Waals surface area (Å²) in [5, 5.41) is 16.7. The third-order valence-corrected chi connectivity index (χ3v) is 6.03. The van der Waals surface area contributed by atoms with Crippen molar-refractivity contribution in [3.05, 3.63) is 59.9 Å². The van der Waals surface area contributed by atoms with Gasteiger partial charge in [-0.1, -0.05) is 0 Å². The van der Waals surface area contributed by atoms with Crippen molar-refractivity contribution >= 4 is 28.5 Å². The molecule has 6 nitrogen and oxygen atoms in total. The zero-order chi connectivity index (χ0) is 22.7. The van der Waals surface area contributed by atoms with E-state index in [9.17, 15) is 19.1 Å². The van der Waals surface area contributed by atoms with Gasteiger partial charge in [0.05, 0.1) is 16.8 Å². The molecule has 166 valence electrons. The van der Waals surface area contributed by atoms with Gasteiger partial charge in [0.2, 0.25) is 5.91 Å². The number of halogens is 1. The average molecular weight is 435 g/mol. The number of fused-ring (bicyclic) bond motifs is 1. The van der Waals surface area contributed by atoms with Gasteiger partial charge in [-0.25, -0.2) is 14.2 Å². The third-order valence-electron chi connectivity index (χ3n) is 6.03. The van der Waals surface area contributed by atoms with Crippen LogP contribution in [0.1, 0.15) is 43.0 Å². The minimum Gasteiger partial charge on any atom is -0.478 e. The SMILES string of the molecule is CC(=O)NC1CCC(CNc2cc(-c3ccc(F)cc3)nc3ccc(C(=O)O)cc23)CC1. The van der Waals surface area contributed by atoms with Crippen molar-refractivity contribution in [2.75, 3.05) is 11.9 Å². The van der Waals surface area contributed by atoms with E-state index in [1.165, 1.54) is 12.1 Å². The molecule has 1 saturated carbocycles. The molecular weight excluding hydrogens is 409 g/mol. The maximum absolute atomic E-state index is 13.4. The van der Waals surface area contributed by atoms with Crippen LogP contribution >= 0.6 is 0 Å². The minimum atomic E-state index is -0.989. The van der Waals surface area contributed by atoms with Crippen LogP contribution in [0.15, 0.2) is 48.5 Å². The molecule has 3 N–H and O–H groups in total. The molecular formula is C25H26FN3O3. The second kappa shape index (κ2) is 9.34. The number of aromatic carboxylic acids is 1. The highest BCUT2D eigenvalue weighted by Crippen LogP contribution is 2.31. The normalized spacial score (nSPS) is 18.3. The number of anilines is 1. The van der Waals surface area contributed by atoms with E-state index in [2.05, 4.69) is 15.6 Å². The lowest BCUT2D eigenvalue weighted by Crippen LogP contribution is -2.37. The fourth-order valence-corrected chi connectivity index (χ4v) is 4.33. The lowest BCUT2D eigenvalue weighted by atomic mass is 9.86. The second-order valence-electron chi connectivity index (χ2n) is 8.40. The lowest BCUT2D eigenvalue weighted by molar-refractivity contribution is -0.119. The first-order valence-corrected chi connectivity index (χ1v) is 10.8. The Morgan fingerprint density at radius 3 is 2.44 bits per heavy atom. The van der Waals surface area contributed by atoms with Gasteiger partial charge >= 0.3 is 5.97 Å². The average Bonchev–Trinajstić information content (AvgIpc) is 2.78. The van der Waals surface area contributed by atoms with E-state index < -0.39 is 5.97 Å². The zero-order valence-electron chi connectivity index (χ0n) is 17.9. The molecule has 0 spiro atoms. The molecule has 0 bridgehead atoms. The van der Waals surface area contributed by atoms with Crippen molar-refractivity contribution in [2.45, 2.75) is 38.6 Å². The van der Waals surface area contributed by atoms with Gasteiger partial charge in [-0.15, -0.1) is 0 Å². The Hall–Kier alpha value is -3.48. The van der Waals surface area contributed by atoms with Gasteiger partial charge in [0.15, 0.2) is 0 Å². The molecule has 1 fully saturated rings. The van der Waals surface area contributed by atoms with Gasteiger partial charge < -0.3 is 15.7 Å². The fraction of sp³-hybridized carbons (Fsp3) is 0.320. The largest absolute Gasteiger partial charge is 0.478 e. The summed E-state index contributed by atoms with van der Waals surface area (Å²) >= 11 is 0. The number of pyridine rings is 1. The predicted molar refractivity (Wildman–Crippen MR) is 122 cm³/mol. The number of amides is 1. The highest BCUT2D eigenvalue weighted by atomic mass is 19.1. The van der Waals surface area contributed by atoms with E-state index in [1.54, 1.807) is 37.3 Å². The van der Waals surface area contributed by atoms with Gasteiger partial charge in [0, 0.05) is 36.1 Å². The van der Waals surface area contributed by atoms with Crippen LogP contribution in [-0.2, 0) is 4.79 Å². The number of carbonyl (C=O) groups excluding carboxylic acids is 1. The van der Waals surface area contributed by atoms with Gasteiger partial charge in [0.1, 0.15) is 5.82 Å². The summed E-state index contributed by atoms with van der Waals surface area (Å²) in [6.07, 6.45) is 3.92. The molecule has 4 rings (SSSR count). The van der Waals surface area contributed by atoms with Crippen LogP contribution in [0.3, 0.4) is 0 Å². The number of hydrogen-bond acceptors (Lipinski definition) is 4. The van der Waals surface area contributed by atoms with E-state index in [0.29, 0.717) is 17.1 Å². The Kier molecular flexibility index (Phi) is 6.35. The highest BCUT2D eigenvalue weighted by Gasteiger charge is 2.22. The molecule has 1 heterocycles. The summed E-state index contributed by atoms with van der Waals surface area (Å²) in [6.45, 7) is 2.29. The molecule has 1 amide bonds. The second-order valence-corrected chi connectivity index (χ2v) is 8.40. The molecule has 1 aromatic heterocycles. The number of rotatable bonds is 6. The van der Waals surface area contributed by atoms with Crippen LogP contribution in [0.25, 0.3) is 22.2 Å². The predicted octanol–water partition coefficient (Wildman–Crippen LogP) is 4.85. The molecule has 32 heavy (non-hydrogen) atoms. The van der Waals surface area contributed by atoms with Crippen LogP contribution < -0.4 is 10.6 Å². The van der Waals surface area contributed by atoms with Crippen LogP contribution in [0.4, 0.5) is 10.1 Å². The number of carboxylic acid groups (broad SMARTS) is 1. The van der Waals surface area contributed by atoms with Gasteiger partial charge in [0.25, 0.3) is 0 Å². The summed E-state index contributed by atoms with van der Waals surface area (Å²) in [5.41, 5.74) is 3.16. The maximum Gasteiger partial charge on any atom is 0.335 e. The molecule has 3 aromatic rings. The Morgan fingerprint density at radius 2 is 1.78 bits per heavy atom. The molecule has 2 aromatic carbocycles. The monoisotopic (exact) mass is 435 g/mol. The Balaban J connectivity index is 1.59. The summed E-state index contributed by atoms with van der Waals surface area (Å²) in [5.74, 6) is -0.830. The van der Waals surface area contributed by atoms with E-state index >= 15 is 0 Å². The first-order valence-electron chi connectivity index (χ1n) is 10.8. The first kappa shape index (κ1) is 21.7. The van der Waals surface area contributed by atoms with E-state index in [0.717, 1.165) is 48.9 Å². The molecule has 0 radical (unpaired) electrons. The molecule has 1 aliphatic rings. The van der Waals surface area contributed by atoms with Crippen molar-refractivity contribution in [1.82, 2.24) is 10.3 Å². The molecule has 0 saturated heterocycles. The maximum atomic E-state index is 13.4. The summed E-state index contributed by atoms with van der Waals surface area (Å²) < 4.78 is 13.4. The van der Waals surface area contributed by atoms with Gasteiger partial charge in [-0.05, 0) is 80.1 Å². The zero-order valence-corrected chi connectivity index (χ0v) is 17.9. The quantitative estimate of drug-likeness (QED) is 0.515. The van der Waals surface area contributed by atoms with Crippen LogP contribution in [0, 0.1) is 11.7 Å². The van der Waals surface area contributed by atoms with Crippen LogP contribution in [0.2, 0.25) is 0 Å². The highest BCUT2D eigenvalue weighted by molar-refractivity contribution is 5.99. The third kappa shape index (κ3) is 5.04. The Bertz CT molecular complexity index is 1140. The lowest BCUT2D eigenvalue weighted by Gasteiger charge is -2.29. The van der Waals surface area contributed by atoms with Crippen LogP contribution in [0.5, 0.6) is 0 Å². The van der Waals surface area contributed by atoms with Crippen LogP contribution in [-0.4, -0.2) is 34.6 Å². The number of carbonyl (C=O) groups is 2. The molecule has 0 unspecified atom stereocenters. The number of nitrogens with zero attached hydrogens (tertiary/aromatic N) is 1. The molecule has 7 heteroatoms. The van der Waals surface area contributed by atoms with Gasteiger partial charge in [-0.3, -0.25) is 4.79 Å². The van der Waals surface area contributed by atoms with Crippen molar-refractivity contribution in [2.24, 2.45) is 5.92 Å². The molecule has 0 atom stereocenters. The number of benzene rings is 2. The number of carboxylic acids is 1. The van der Waals surface area contributed by atoms with E-state index in [4.69, 9.17) is 0 Å². The number of hydrogen-bond donors (Lipinski definition) is 3. The summed E-state index contributed by atoms with van der Waals surface area (Å²) in [4.78, 5) is 27.4.